The van der Waals surface area contributed by atoms with Crippen molar-refractivity contribution in [3.8, 4) is 11.5 Å². The normalized spacial score (nSPS) is 15.6. The molecule has 0 aromatic heterocycles. The fourth-order valence-corrected chi connectivity index (χ4v) is 4.60. The highest BCUT2D eigenvalue weighted by molar-refractivity contribution is 5.75. The third-order valence-electron chi connectivity index (χ3n) is 6.62. The molecule has 2 aliphatic heterocycles. The van der Waals surface area contributed by atoms with Crippen molar-refractivity contribution in [3.63, 3.8) is 0 Å². The molecule has 210 valence electrons. The Morgan fingerprint density at radius 3 is 1.58 bits per heavy atom. The van der Waals surface area contributed by atoms with E-state index < -0.39 is 5.91 Å². The van der Waals surface area contributed by atoms with Crippen molar-refractivity contribution in [2.45, 2.75) is 45.4 Å². The van der Waals surface area contributed by atoms with Gasteiger partial charge in [-0.1, -0.05) is 24.3 Å². The van der Waals surface area contributed by atoms with Gasteiger partial charge in [-0.25, -0.2) is 0 Å². The molecule has 5 N–H and O–H groups in total. The smallest absolute Gasteiger partial charge is 0.255 e. The molecule has 2 heterocycles. The molecule has 2 fully saturated rings. The molecule has 0 atom stereocenters. The summed E-state index contributed by atoms with van der Waals surface area (Å²) in [4.78, 5) is 19.7. The van der Waals surface area contributed by atoms with Crippen molar-refractivity contribution in [3.05, 3.63) is 59.7 Å². The molecule has 38 heavy (non-hydrogen) atoms. The maximum atomic E-state index is 10.6. The first kappa shape index (κ1) is 31.1. The van der Waals surface area contributed by atoms with E-state index >= 15 is 0 Å². The minimum absolute atomic E-state index is 0.0619. The van der Waals surface area contributed by atoms with Gasteiger partial charge in [0.05, 0.1) is 6.61 Å². The zero-order valence-electron chi connectivity index (χ0n) is 23.0. The lowest BCUT2D eigenvalue weighted by atomic mass is 9.91. The molecule has 2 aromatic carbocycles. The minimum Gasteiger partial charge on any atom is -0.494 e. The fourth-order valence-electron chi connectivity index (χ4n) is 4.60. The average Bonchev–Trinajstić information content (AvgIpc) is 2.95. The molecular formula is C30H46N4O4. The second-order valence-corrected chi connectivity index (χ2v) is 9.68. The highest BCUT2D eigenvalue weighted by atomic mass is 16.5. The van der Waals surface area contributed by atoms with E-state index in [1.165, 1.54) is 56.3 Å². The van der Waals surface area contributed by atoms with Gasteiger partial charge in [0.25, 0.3) is 5.91 Å². The molecule has 0 saturated carbocycles. The highest BCUT2D eigenvalue weighted by Gasteiger charge is 2.14. The number of carbonyl (C=O) groups excluding carboxylic acids is 2. The van der Waals surface area contributed by atoms with Gasteiger partial charge >= 0.3 is 0 Å². The Morgan fingerprint density at radius 2 is 1.24 bits per heavy atom. The van der Waals surface area contributed by atoms with Gasteiger partial charge in [0.1, 0.15) is 11.5 Å². The topological polar surface area (TPSA) is 115 Å². The molecule has 0 bridgehead atoms. The summed E-state index contributed by atoms with van der Waals surface area (Å²) in [7, 11) is 1.56. The molecule has 4 rings (SSSR count). The summed E-state index contributed by atoms with van der Waals surface area (Å²) in [5.41, 5.74) is 7.79. The zero-order valence-corrected chi connectivity index (χ0v) is 23.0. The van der Waals surface area contributed by atoms with Crippen LogP contribution in [0.4, 0.5) is 0 Å². The van der Waals surface area contributed by atoms with Gasteiger partial charge in [0.15, 0.2) is 6.61 Å². The van der Waals surface area contributed by atoms with Gasteiger partial charge in [0.2, 0.25) is 6.41 Å². The van der Waals surface area contributed by atoms with Crippen molar-refractivity contribution in [1.82, 2.24) is 16.0 Å². The Labute approximate surface area is 228 Å². The van der Waals surface area contributed by atoms with Crippen molar-refractivity contribution in [2.75, 3.05) is 46.4 Å². The van der Waals surface area contributed by atoms with E-state index in [-0.39, 0.29) is 6.61 Å². The zero-order chi connectivity index (χ0) is 27.4. The standard InChI is InChI=1S/C14H20N2O2.C14H21NO.C2H5NO/c15-14(17)10-18-13-3-1-11(2-4-13)9-12-5-7-16-8-6-12;1-2-16-14-5-3-12(4-6-14)11-13-7-9-15-10-8-13;1-3-2-4/h1-4,12,16H,5-10H2,(H2,15,17);3-6,13,15H,2,7-11H2,1H3;2H,1H3,(H,3,4). The van der Waals surface area contributed by atoms with Gasteiger partial charge in [-0.2, -0.15) is 0 Å². The van der Waals surface area contributed by atoms with E-state index in [0.717, 1.165) is 43.7 Å². The number of hydrogen-bond acceptors (Lipinski definition) is 6. The Bertz CT molecular complexity index is 893. The summed E-state index contributed by atoms with van der Waals surface area (Å²) in [5.74, 6) is 2.87. The Balaban J connectivity index is 0.000000235. The average molecular weight is 527 g/mol. The molecule has 2 saturated heterocycles. The molecule has 8 nitrogen and oxygen atoms in total. The van der Waals surface area contributed by atoms with E-state index in [0.29, 0.717) is 12.2 Å². The van der Waals surface area contributed by atoms with E-state index in [9.17, 15) is 4.79 Å². The van der Waals surface area contributed by atoms with Gasteiger partial charge in [-0.3, -0.25) is 9.59 Å². The monoisotopic (exact) mass is 526 g/mol. The van der Waals surface area contributed by atoms with Crippen LogP contribution in [0.3, 0.4) is 0 Å². The summed E-state index contributed by atoms with van der Waals surface area (Å²) in [6.45, 7) is 7.32. The third-order valence-corrected chi connectivity index (χ3v) is 6.62. The van der Waals surface area contributed by atoms with Crippen LogP contribution in [-0.4, -0.2) is 58.8 Å². The molecule has 2 amide bonds. The van der Waals surface area contributed by atoms with Gasteiger partial charge in [-0.15, -0.1) is 0 Å². The SMILES string of the molecule is CCOc1ccc(CC2CCNCC2)cc1.CNC=O.NC(=O)COc1ccc(CC2CCNCC2)cc1. The van der Waals surface area contributed by atoms with Crippen LogP contribution >= 0.6 is 0 Å². The predicted octanol–water partition coefficient (Wildman–Crippen LogP) is 3.08. The van der Waals surface area contributed by atoms with Gasteiger partial charge in [-0.05, 0) is 119 Å². The van der Waals surface area contributed by atoms with Gasteiger partial charge in [0, 0.05) is 7.05 Å². The molecule has 2 aliphatic rings. The lowest BCUT2D eigenvalue weighted by Gasteiger charge is -2.22. The predicted molar refractivity (Wildman–Crippen MR) is 152 cm³/mol. The van der Waals surface area contributed by atoms with E-state index in [4.69, 9.17) is 20.0 Å². The molecule has 0 unspecified atom stereocenters. The number of benzene rings is 2. The number of ether oxygens (including phenoxy) is 2. The second-order valence-electron chi connectivity index (χ2n) is 9.68. The van der Waals surface area contributed by atoms with Crippen molar-refractivity contribution >= 4 is 12.3 Å². The Kier molecular flexibility index (Phi) is 15.6. The summed E-state index contributed by atoms with van der Waals surface area (Å²) in [6, 6.07) is 16.5. The van der Waals surface area contributed by atoms with Crippen molar-refractivity contribution < 1.29 is 19.1 Å². The number of nitrogens with two attached hydrogens (primary N) is 1. The van der Waals surface area contributed by atoms with E-state index in [2.05, 4.69) is 52.3 Å². The molecule has 0 aliphatic carbocycles. The van der Waals surface area contributed by atoms with Crippen LogP contribution in [0.1, 0.15) is 43.7 Å². The van der Waals surface area contributed by atoms with Crippen LogP contribution in [0.5, 0.6) is 11.5 Å². The van der Waals surface area contributed by atoms with Crippen LogP contribution in [-0.2, 0) is 22.4 Å². The maximum absolute atomic E-state index is 10.6. The van der Waals surface area contributed by atoms with E-state index in [1.54, 1.807) is 7.05 Å². The van der Waals surface area contributed by atoms with Gasteiger partial charge < -0.3 is 31.2 Å². The fraction of sp³-hybridized carbons (Fsp3) is 0.533. The molecular weight excluding hydrogens is 480 g/mol. The number of carbonyl (C=O) groups is 2. The van der Waals surface area contributed by atoms with Crippen molar-refractivity contribution in [1.29, 1.82) is 0 Å². The number of piperidine rings is 2. The summed E-state index contributed by atoms with van der Waals surface area (Å²) in [5, 5.41) is 9.03. The third kappa shape index (κ3) is 13.4. The molecule has 0 radical (unpaired) electrons. The Hall–Kier alpha value is -3.10. The van der Waals surface area contributed by atoms with Crippen molar-refractivity contribution in [2.24, 2.45) is 17.6 Å². The summed E-state index contributed by atoms with van der Waals surface area (Å²) < 4.78 is 10.7. The highest BCUT2D eigenvalue weighted by Crippen LogP contribution is 2.21. The van der Waals surface area contributed by atoms with E-state index in [1.807, 2.05) is 19.1 Å². The quantitative estimate of drug-likeness (QED) is 0.354. The van der Waals surface area contributed by atoms with Crippen LogP contribution in [0, 0.1) is 11.8 Å². The Morgan fingerprint density at radius 1 is 0.842 bits per heavy atom. The van der Waals surface area contributed by atoms with Crippen LogP contribution in [0.2, 0.25) is 0 Å². The molecule has 2 aromatic rings. The molecule has 0 spiro atoms. The summed E-state index contributed by atoms with van der Waals surface area (Å²) in [6.07, 6.45) is 8.09. The largest absolute Gasteiger partial charge is 0.494 e. The minimum atomic E-state index is -0.450. The lowest BCUT2D eigenvalue weighted by molar-refractivity contribution is -0.120. The number of primary amides is 1. The number of amides is 2. The number of nitrogens with one attached hydrogen (secondary N) is 3. The summed E-state index contributed by atoms with van der Waals surface area (Å²) >= 11 is 0. The first-order chi connectivity index (χ1) is 18.5. The van der Waals surface area contributed by atoms with Crippen LogP contribution in [0.25, 0.3) is 0 Å². The lowest BCUT2D eigenvalue weighted by Crippen LogP contribution is -2.28. The molecule has 8 heteroatoms. The first-order valence-electron chi connectivity index (χ1n) is 13.8. The second kappa shape index (κ2) is 19.0. The number of hydrogen-bond donors (Lipinski definition) is 4. The van der Waals surface area contributed by atoms with Crippen LogP contribution in [0.15, 0.2) is 48.5 Å². The first-order valence-corrected chi connectivity index (χ1v) is 13.8. The maximum Gasteiger partial charge on any atom is 0.255 e. The number of rotatable bonds is 10. The van der Waals surface area contributed by atoms with Crippen LogP contribution < -0.4 is 31.2 Å².